The number of halogens is 1. The van der Waals surface area contributed by atoms with E-state index >= 15 is 0 Å². The van der Waals surface area contributed by atoms with Gasteiger partial charge in [0.15, 0.2) is 5.82 Å². The third-order valence-electron chi connectivity index (χ3n) is 6.60. The third kappa shape index (κ3) is 5.30. The Morgan fingerprint density at radius 3 is 2.44 bits per heavy atom. The average molecular weight is 490 g/mol. The number of anilines is 1. The average Bonchev–Trinajstić information content (AvgIpc) is 3.77. The summed E-state index contributed by atoms with van der Waals surface area (Å²) in [6.45, 7) is 2.32. The molecular weight excluding hydrogens is 461 g/mol. The Bertz CT molecular complexity index is 1240. The Hall–Kier alpha value is -4.01. The number of hydrogen-bond acceptors (Lipinski definition) is 6. The predicted molar refractivity (Wildman–Crippen MR) is 133 cm³/mol. The SMILES string of the molecule is COc1cccc(-c2ccc(N3CCN(C(=O)CN(C(=O)c4cccc(F)c4)C4CC4)CC3)nn2)c1. The molecule has 0 radical (unpaired) electrons. The first kappa shape index (κ1) is 23.7. The van der Waals surface area contributed by atoms with Crippen LogP contribution in [0.4, 0.5) is 10.2 Å². The summed E-state index contributed by atoms with van der Waals surface area (Å²) in [5, 5.41) is 8.77. The van der Waals surface area contributed by atoms with Crippen LogP contribution in [0.3, 0.4) is 0 Å². The van der Waals surface area contributed by atoms with Crippen LogP contribution in [0, 0.1) is 5.82 Å². The Morgan fingerprint density at radius 1 is 1.00 bits per heavy atom. The van der Waals surface area contributed by atoms with E-state index < -0.39 is 5.82 Å². The molecule has 8 nitrogen and oxygen atoms in total. The van der Waals surface area contributed by atoms with E-state index in [0.717, 1.165) is 35.7 Å². The number of amides is 2. The van der Waals surface area contributed by atoms with Crippen LogP contribution in [0.1, 0.15) is 23.2 Å². The number of ether oxygens (including phenoxy) is 1. The normalized spacial score (nSPS) is 15.5. The molecule has 5 rings (SSSR count). The molecule has 2 aromatic carbocycles. The zero-order valence-corrected chi connectivity index (χ0v) is 20.1. The van der Waals surface area contributed by atoms with Crippen LogP contribution >= 0.6 is 0 Å². The molecule has 1 aromatic heterocycles. The van der Waals surface area contributed by atoms with Crippen molar-refractivity contribution in [2.75, 3.05) is 44.7 Å². The number of carbonyl (C=O) groups excluding carboxylic acids is 2. The van der Waals surface area contributed by atoms with Crippen LogP contribution in [0.15, 0.2) is 60.7 Å². The van der Waals surface area contributed by atoms with Crippen molar-refractivity contribution in [3.8, 4) is 17.0 Å². The Labute approximate surface area is 209 Å². The summed E-state index contributed by atoms with van der Waals surface area (Å²) >= 11 is 0. The van der Waals surface area contributed by atoms with E-state index in [1.54, 1.807) is 23.0 Å². The molecule has 0 N–H and O–H groups in total. The molecule has 2 aliphatic rings. The van der Waals surface area contributed by atoms with Crippen molar-refractivity contribution in [2.24, 2.45) is 0 Å². The van der Waals surface area contributed by atoms with E-state index in [9.17, 15) is 14.0 Å². The first-order chi connectivity index (χ1) is 17.5. The highest BCUT2D eigenvalue weighted by Gasteiger charge is 2.35. The van der Waals surface area contributed by atoms with Gasteiger partial charge >= 0.3 is 0 Å². The first-order valence-corrected chi connectivity index (χ1v) is 12.1. The van der Waals surface area contributed by atoms with Gasteiger partial charge in [-0.1, -0.05) is 18.2 Å². The minimum Gasteiger partial charge on any atom is -0.497 e. The van der Waals surface area contributed by atoms with Crippen LogP contribution in [0.2, 0.25) is 0 Å². The Morgan fingerprint density at radius 2 is 1.78 bits per heavy atom. The molecule has 0 bridgehead atoms. The molecule has 0 unspecified atom stereocenters. The van der Waals surface area contributed by atoms with E-state index in [4.69, 9.17) is 4.74 Å². The predicted octanol–water partition coefficient (Wildman–Crippen LogP) is 3.24. The van der Waals surface area contributed by atoms with Crippen LogP contribution in [0.5, 0.6) is 5.75 Å². The van der Waals surface area contributed by atoms with Gasteiger partial charge in [-0.05, 0) is 55.3 Å². The molecule has 2 heterocycles. The highest BCUT2D eigenvalue weighted by atomic mass is 19.1. The van der Waals surface area contributed by atoms with Gasteiger partial charge in [0, 0.05) is 43.3 Å². The molecule has 3 aromatic rings. The number of piperazine rings is 1. The van der Waals surface area contributed by atoms with Crippen molar-refractivity contribution >= 4 is 17.6 Å². The molecule has 2 amide bonds. The maximum atomic E-state index is 13.6. The van der Waals surface area contributed by atoms with Crippen molar-refractivity contribution in [1.82, 2.24) is 20.0 Å². The number of nitrogens with zero attached hydrogens (tertiary/aromatic N) is 5. The van der Waals surface area contributed by atoms with Gasteiger partial charge in [0.2, 0.25) is 5.91 Å². The molecule has 1 saturated carbocycles. The number of aromatic nitrogens is 2. The number of benzene rings is 2. The topological polar surface area (TPSA) is 78.9 Å². The maximum absolute atomic E-state index is 13.6. The summed E-state index contributed by atoms with van der Waals surface area (Å²) < 4.78 is 18.9. The number of hydrogen-bond donors (Lipinski definition) is 0. The van der Waals surface area contributed by atoms with Gasteiger partial charge in [-0.15, -0.1) is 10.2 Å². The second-order valence-electron chi connectivity index (χ2n) is 9.05. The molecule has 9 heteroatoms. The van der Waals surface area contributed by atoms with Crippen LogP contribution in [-0.4, -0.2) is 77.7 Å². The zero-order chi connectivity index (χ0) is 25.1. The van der Waals surface area contributed by atoms with Crippen LogP contribution in [-0.2, 0) is 4.79 Å². The summed E-state index contributed by atoms with van der Waals surface area (Å²) in [6.07, 6.45) is 1.74. The molecular formula is C27H28FN5O3. The molecule has 1 aliphatic carbocycles. The van der Waals surface area contributed by atoms with Gasteiger partial charge in [0.25, 0.3) is 5.91 Å². The van der Waals surface area contributed by atoms with Crippen molar-refractivity contribution in [3.63, 3.8) is 0 Å². The summed E-state index contributed by atoms with van der Waals surface area (Å²) in [5.41, 5.74) is 1.96. The Kier molecular flexibility index (Phi) is 6.79. The maximum Gasteiger partial charge on any atom is 0.254 e. The highest BCUT2D eigenvalue weighted by Crippen LogP contribution is 2.29. The molecule has 0 spiro atoms. The van der Waals surface area contributed by atoms with Crippen LogP contribution < -0.4 is 9.64 Å². The van der Waals surface area contributed by atoms with Crippen molar-refractivity contribution in [1.29, 1.82) is 0 Å². The quantitative estimate of drug-likeness (QED) is 0.507. The minimum absolute atomic E-state index is 0.00898. The van der Waals surface area contributed by atoms with E-state index in [0.29, 0.717) is 26.2 Å². The molecule has 1 aliphatic heterocycles. The van der Waals surface area contributed by atoms with Crippen molar-refractivity contribution in [3.05, 3.63) is 72.0 Å². The fourth-order valence-corrected chi connectivity index (χ4v) is 4.40. The van der Waals surface area contributed by atoms with Crippen molar-refractivity contribution < 1.29 is 18.7 Å². The Balaban J connectivity index is 1.18. The third-order valence-corrected chi connectivity index (χ3v) is 6.60. The molecule has 36 heavy (non-hydrogen) atoms. The largest absolute Gasteiger partial charge is 0.497 e. The zero-order valence-electron chi connectivity index (χ0n) is 20.1. The lowest BCUT2D eigenvalue weighted by atomic mass is 10.1. The molecule has 186 valence electrons. The van der Waals surface area contributed by atoms with Gasteiger partial charge < -0.3 is 19.4 Å². The van der Waals surface area contributed by atoms with Crippen molar-refractivity contribution in [2.45, 2.75) is 18.9 Å². The highest BCUT2D eigenvalue weighted by molar-refractivity contribution is 5.97. The van der Waals surface area contributed by atoms with Gasteiger partial charge in [-0.2, -0.15) is 0 Å². The molecule has 1 saturated heterocycles. The van der Waals surface area contributed by atoms with Crippen LogP contribution in [0.25, 0.3) is 11.3 Å². The second kappa shape index (κ2) is 10.3. The molecule has 0 atom stereocenters. The number of rotatable bonds is 7. The fraction of sp³-hybridized carbons (Fsp3) is 0.333. The second-order valence-corrected chi connectivity index (χ2v) is 9.05. The van der Waals surface area contributed by atoms with E-state index in [-0.39, 0.29) is 30.0 Å². The monoisotopic (exact) mass is 489 g/mol. The van der Waals surface area contributed by atoms with Gasteiger partial charge in [0.1, 0.15) is 18.1 Å². The van der Waals surface area contributed by atoms with E-state index in [2.05, 4.69) is 15.1 Å². The van der Waals surface area contributed by atoms with Gasteiger partial charge in [0.05, 0.1) is 12.8 Å². The molecule has 2 fully saturated rings. The fourth-order valence-electron chi connectivity index (χ4n) is 4.40. The standard InChI is InChI=1S/C27H28FN5O3/c1-36-23-7-3-4-19(17-23)24-10-11-25(30-29-24)31-12-14-32(15-13-31)26(34)18-33(22-8-9-22)27(35)20-5-2-6-21(28)16-20/h2-7,10-11,16-17,22H,8-9,12-15,18H2,1H3. The van der Waals surface area contributed by atoms with E-state index in [1.807, 2.05) is 36.4 Å². The van der Waals surface area contributed by atoms with Gasteiger partial charge in [-0.25, -0.2) is 4.39 Å². The lowest BCUT2D eigenvalue weighted by Gasteiger charge is -2.36. The number of methoxy groups -OCH3 is 1. The van der Waals surface area contributed by atoms with Gasteiger partial charge in [-0.3, -0.25) is 9.59 Å². The minimum atomic E-state index is -0.460. The number of carbonyl (C=O) groups is 2. The summed E-state index contributed by atoms with van der Waals surface area (Å²) in [5.74, 6) is 0.673. The van der Waals surface area contributed by atoms with E-state index in [1.165, 1.54) is 18.2 Å². The summed E-state index contributed by atoms with van der Waals surface area (Å²) in [4.78, 5) is 31.5. The summed E-state index contributed by atoms with van der Waals surface area (Å²) in [6, 6.07) is 17.2. The lowest BCUT2D eigenvalue weighted by molar-refractivity contribution is -0.132. The lowest BCUT2D eigenvalue weighted by Crippen LogP contribution is -2.52. The summed E-state index contributed by atoms with van der Waals surface area (Å²) in [7, 11) is 1.63. The first-order valence-electron chi connectivity index (χ1n) is 12.1. The smallest absolute Gasteiger partial charge is 0.254 e.